The number of likely N-dealkylation sites (N-methyl/N-ethyl adjacent to an activating group) is 1. The van der Waals surface area contributed by atoms with Crippen LogP contribution in [0.4, 0.5) is 0 Å². The molecule has 0 saturated heterocycles. The molecule has 0 rings (SSSR count). The van der Waals surface area contributed by atoms with Crippen molar-refractivity contribution in [1.29, 1.82) is 0 Å². The second-order valence-corrected chi connectivity index (χ2v) is 27.0. The Morgan fingerprint density at radius 3 is 1.03 bits per heavy atom. The van der Waals surface area contributed by atoms with Crippen LogP contribution in [0, 0.1) is 0 Å². The quantitative estimate of drug-likeness (QED) is 0.0272. The van der Waals surface area contributed by atoms with Crippen molar-refractivity contribution < 1.29 is 32.9 Å². The highest BCUT2D eigenvalue weighted by Crippen LogP contribution is 2.38. The van der Waals surface area contributed by atoms with Crippen molar-refractivity contribution in [1.82, 2.24) is 5.32 Å². The first-order valence-corrected chi connectivity index (χ1v) is 37.7. The van der Waals surface area contributed by atoms with Crippen LogP contribution in [0.15, 0.2) is 109 Å². The molecule has 3 atom stereocenters. The lowest BCUT2D eigenvalue weighted by Crippen LogP contribution is -2.46. The highest BCUT2D eigenvalue weighted by Gasteiger charge is 2.24. The summed E-state index contributed by atoms with van der Waals surface area (Å²) in [6, 6.07) is -0.817. The number of hydrogen-bond donors (Lipinski definition) is 2. The molecule has 0 spiro atoms. The first-order valence-electron chi connectivity index (χ1n) is 36.2. The normalized spacial score (nSPS) is 14.3. The fraction of sp³-hybridized carbons (Fsp3) is 0.753. The summed E-state index contributed by atoms with van der Waals surface area (Å²) in [6.45, 7) is 4.63. The Bertz CT molecular complexity index is 1770. The second-order valence-electron chi connectivity index (χ2n) is 25.6. The Labute approximate surface area is 533 Å². The fourth-order valence-corrected chi connectivity index (χ4v) is 11.2. The topological polar surface area (TPSA) is 108 Å². The predicted octanol–water partition coefficient (Wildman–Crippen LogP) is 22.8. The van der Waals surface area contributed by atoms with Gasteiger partial charge in [-0.1, -0.05) is 342 Å². The van der Waals surface area contributed by atoms with E-state index in [1.807, 2.05) is 21.1 Å². The number of aliphatic hydroxyl groups excluding tert-OH is 1. The largest absolute Gasteiger partial charge is 0.756 e. The van der Waals surface area contributed by atoms with Crippen molar-refractivity contribution in [3.8, 4) is 0 Å². The van der Waals surface area contributed by atoms with Gasteiger partial charge in [-0.3, -0.25) is 9.36 Å². The molecule has 0 radical (unpaired) electrons. The van der Waals surface area contributed by atoms with E-state index in [4.69, 9.17) is 9.05 Å². The zero-order valence-electron chi connectivity index (χ0n) is 57.0. The van der Waals surface area contributed by atoms with E-state index in [0.717, 1.165) is 109 Å². The van der Waals surface area contributed by atoms with E-state index >= 15 is 0 Å². The van der Waals surface area contributed by atoms with Crippen molar-refractivity contribution in [3.63, 3.8) is 0 Å². The van der Waals surface area contributed by atoms with Gasteiger partial charge in [-0.05, 0) is 83.5 Å². The summed E-state index contributed by atoms with van der Waals surface area (Å²) in [4.78, 5) is 25.7. The van der Waals surface area contributed by atoms with Gasteiger partial charge in [-0.15, -0.1) is 0 Å². The summed E-state index contributed by atoms with van der Waals surface area (Å²) in [5, 5.41) is 14.1. The van der Waals surface area contributed by atoms with Gasteiger partial charge < -0.3 is 28.8 Å². The molecule has 0 bridgehead atoms. The number of carbonyl (C=O) groups is 1. The molecule has 0 aliphatic carbocycles. The molecule has 0 aromatic heterocycles. The van der Waals surface area contributed by atoms with E-state index < -0.39 is 20.0 Å². The van der Waals surface area contributed by atoms with Gasteiger partial charge in [-0.25, -0.2) is 0 Å². The smallest absolute Gasteiger partial charge is 0.268 e. The molecule has 2 N–H and O–H groups in total. The van der Waals surface area contributed by atoms with Gasteiger partial charge >= 0.3 is 0 Å². The van der Waals surface area contributed by atoms with E-state index in [0.29, 0.717) is 23.9 Å². The van der Waals surface area contributed by atoms with Crippen LogP contribution < -0.4 is 10.2 Å². The standard InChI is InChI=1S/C77H139N2O6P/c1-6-8-10-12-14-16-18-20-22-24-26-28-30-32-34-36-37-38-39-40-41-43-45-47-49-51-53-55-57-59-61-63-65-67-69-71-77(81)78-75(74-85-86(82,83)84-73-72-79(3,4)5)76(80)70-68-66-64-62-60-58-56-54-52-50-48-46-44-42-35-33-31-29-27-25-23-21-19-17-15-13-11-9-7-2/h8,10,14,16,20,22,26,28,32,34,37-38,40-41,45,47,51,53,75-76,80H,6-7,9,11-13,15,17-19,21,23-25,27,29-31,33,35-36,39,42-44,46,48-50,52,54-74H2,1-5H3,(H-,78,81,82,83)/b10-8-,16-14-,22-20-,28-26-,34-32-,38-37-,41-40-,47-45-,53-51-. The van der Waals surface area contributed by atoms with Crippen molar-refractivity contribution in [2.45, 2.75) is 334 Å². The van der Waals surface area contributed by atoms with Crippen LogP contribution >= 0.6 is 7.82 Å². The summed E-state index contributed by atoms with van der Waals surface area (Å²) in [7, 11) is 1.29. The number of allylic oxidation sites excluding steroid dienone is 18. The van der Waals surface area contributed by atoms with Gasteiger partial charge in [0.2, 0.25) is 5.91 Å². The minimum Gasteiger partial charge on any atom is -0.756 e. The van der Waals surface area contributed by atoms with Crippen molar-refractivity contribution >= 4 is 13.7 Å². The molecule has 0 heterocycles. The number of nitrogens with one attached hydrogen (secondary N) is 1. The summed E-state index contributed by atoms with van der Waals surface area (Å²) < 4.78 is 23.5. The number of hydrogen-bond acceptors (Lipinski definition) is 6. The van der Waals surface area contributed by atoms with Crippen LogP contribution in [-0.2, 0) is 18.4 Å². The van der Waals surface area contributed by atoms with Gasteiger partial charge in [-0.2, -0.15) is 0 Å². The third-order valence-corrected chi connectivity index (χ3v) is 17.0. The number of phosphoric ester groups is 1. The molecule has 0 aromatic rings. The summed E-state index contributed by atoms with van der Waals surface area (Å²) in [5.41, 5.74) is 0. The SMILES string of the molecule is CC/C=C\C/C=C\C/C=C\C/C=C\C/C=C\C/C=C\C/C=C\C/C=C\C/C=C\CCCCCCCCCC(=O)NC(COP(=O)([O-])OCC[N+](C)(C)C)C(O)CCCCCCCCCCCCCCCCCCCCCCCCCCCCCCC. The Balaban J connectivity index is 4.10. The number of quaternary nitrogens is 1. The monoisotopic (exact) mass is 1220 g/mol. The molecule has 1 amide bonds. The van der Waals surface area contributed by atoms with E-state index in [2.05, 4.69) is 129 Å². The molecule has 0 fully saturated rings. The molecule has 498 valence electrons. The third-order valence-electron chi connectivity index (χ3n) is 16.0. The molecule has 0 aliphatic rings. The lowest BCUT2D eigenvalue weighted by molar-refractivity contribution is -0.870. The average molecular weight is 1220 g/mol. The second kappa shape index (κ2) is 66.6. The maximum absolute atomic E-state index is 13.1. The highest BCUT2D eigenvalue weighted by atomic mass is 31.2. The van der Waals surface area contributed by atoms with Gasteiger partial charge in [0, 0.05) is 6.42 Å². The van der Waals surface area contributed by atoms with Gasteiger partial charge in [0.15, 0.2) is 0 Å². The van der Waals surface area contributed by atoms with E-state index in [9.17, 15) is 19.4 Å². The van der Waals surface area contributed by atoms with Crippen LogP contribution in [0.1, 0.15) is 322 Å². The maximum atomic E-state index is 13.1. The minimum absolute atomic E-state index is 0.00512. The van der Waals surface area contributed by atoms with E-state index in [1.165, 1.54) is 186 Å². The number of rotatable bonds is 66. The Kier molecular flexibility index (Phi) is 64.4. The Morgan fingerprint density at radius 2 is 0.709 bits per heavy atom. The van der Waals surface area contributed by atoms with Crippen LogP contribution in [0.25, 0.3) is 0 Å². The van der Waals surface area contributed by atoms with Crippen molar-refractivity contribution in [2.75, 3.05) is 40.9 Å². The van der Waals surface area contributed by atoms with Crippen LogP contribution in [0.2, 0.25) is 0 Å². The fourth-order valence-electron chi connectivity index (χ4n) is 10.4. The number of unbranched alkanes of at least 4 members (excludes halogenated alkanes) is 35. The van der Waals surface area contributed by atoms with Crippen molar-refractivity contribution in [2.24, 2.45) is 0 Å². The van der Waals surface area contributed by atoms with E-state index in [1.54, 1.807) is 0 Å². The lowest BCUT2D eigenvalue weighted by atomic mass is 10.0. The molecule has 8 nitrogen and oxygen atoms in total. The molecule has 86 heavy (non-hydrogen) atoms. The molecule has 9 heteroatoms. The van der Waals surface area contributed by atoms with Gasteiger partial charge in [0.05, 0.1) is 39.9 Å². The number of carbonyl (C=O) groups excluding carboxylic acids is 1. The molecular formula is C77H139N2O6P. The van der Waals surface area contributed by atoms with Crippen LogP contribution in [0.5, 0.6) is 0 Å². The molecule has 3 unspecified atom stereocenters. The predicted molar refractivity (Wildman–Crippen MR) is 376 cm³/mol. The first-order chi connectivity index (χ1) is 42.0. The number of nitrogens with zero attached hydrogens (tertiary/aromatic N) is 1. The Morgan fingerprint density at radius 1 is 0.419 bits per heavy atom. The zero-order chi connectivity index (χ0) is 62.6. The number of aliphatic hydroxyl groups is 1. The molecule has 0 aliphatic heterocycles. The number of phosphoric acid groups is 1. The van der Waals surface area contributed by atoms with Crippen LogP contribution in [0.3, 0.4) is 0 Å². The number of amides is 1. The average Bonchev–Trinajstić information content (AvgIpc) is 3.70. The zero-order valence-corrected chi connectivity index (χ0v) is 57.9. The van der Waals surface area contributed by atoms with E-state index in [-0.39, 0.29) is 19.1 Å². The Hall–Kier alpha value is -2.84. The molecule has 0 aromatic carbocycles. The highest BCUT2D eigenvalue weighted by molar-refractivity contribution is 7.45. The van der Waals surface area contributed by atoms with Gasteiger partial charge in [0.1, 0.15) is 13.2 Å². The summed E-state index contributed by atoms with van der Waals surface area (Å²) in [6.07, 6.45) is 97.4. The summed E-state index contributed by atoms with van der Waals surface area (Å²) in [5.74, 6) is -0.176. The summed E-state index contributed by atoms with van der Waals surface area (Å²) >= 11 is 0. The molecule has 0 saturated carbocycles. The minimum atomic E-state index is -4.59. The van der Waals surface area contributed by atoms with Crippen molar-refractivity contribution in [3.05, 3.63) is 109 Å². The van der Waals surface area contributed by atoms with Gasteiger partial charge in [0.25, 0.3) is 7.82 Å². The lowest BCUT2D eigenvalue weighted by Gasteiger charge is -2.30. The molecular weight excluding hydrogens is 1080 g/mol. The maximum Gasteiger partial charge on any atom is 0.268 e. The first kappa shape index (κ1) is 83.2. The third kappa shape index (κ3) is 68.6. The van der Waals surface area contributed by atoms with Crippen LogP contribution in [-0.4, -0.2) is 68.5 Å².